The lowest BCUT2D eigenvalue weighted by Gasteiger charge is -2.12. The summed E-state index contributed by atoms with van der Waals surface area (Å²) in [5, 5.41) is 12.6. The van der Waals surface area contributed by atoms with Gasteiger partial charge < -0.3 is 5.11 Å². The number of rotatable bonds is 3. The van der Waals surface area contributed by atoms with E-state index in [2.05, 4.69) is 10.1 Å². The quantitative estimate of drug-likeness (QED) is 0.947. The molecule has 1 N–H and O–H groups in total. The Morgan fingerprint density at radius 1 is 1.36 bits per heavy atom. The van der Waals surface area contributed by atoms with Crippen LogP contribution in [-0.4, -0.2) is 27.1 Å². The summed E-state index contributed by atoms with van der Waals surface area (Å²) in [6.45, 7) is -0.148. The number of carboxylic acid groups (broad SMARTS) is 1. The number of hydrogen-bond acceptors (Lipinski definition) is 3. The molecule has 0 unspecified atom stereocenters. The third-order valence-corrected chi connectivity index (χ3v) is 3.32. The number of aliphatic carboxylic acids is 1. The number of aliphatic imine (C=N–C) groups is 1. The molecule has 0 saturated heterocycles. The molecular formula is C14H10F3N3O2. The maximum absolute atomic E-state index is 13.0. The Kier molecular flexibility index (Phi) is 3.23. The number of halogens is 3. The number of fused-ring (bicyclic) bond motifs is 1. The zero-order chi connectivity index (χ0) is 15.9. The van der Waals surface area contributed by atoms with Gasteiger partial charge in [0.05, 0.1) is 18.3 Å². The Hall–Kier alpha value is -2.64. The molecule has 2 heterocycles. The second kappa shape index (κ2) is 4.97. The maximum atomic E-state index is 13.0. The van der Waals surface area contributed by atoms with Crippen molar-refractivity contribution in [3.63, 3.8) is 0 Å². The van der Waals surface area contributed by atoms with Crippen LogP contribution < -0.4 is 0 Å². The summed E-state index contributed by atoms with van der Waals surface area (Å²) >= 11 is 0. The number of nitrogens with zero attached hydrogens (tertiary/aromatic N) is 3. The van der Waals surface area contributed by atoms with Gasteiger partial charge in [-0.15, -0.1) is 0 Å². The van der Waals surface area contributed by atoms with E-state index in [1.54, 1.807) is 0 Å². The smallest absolute Gasteiger partial charge is 0.416 e. The molecule has 1 aromatic carbocycles. The van der Waals surface area contributed by atoms with Gasteiger partial charge in [0.25, 0.3) is 0 Å². The van der Waals surface area contributed by atoms with E-state index in [-0.39, 0.29) is 13.1 Å². The molecule has 0 bridgehead atoms. The topological polar surface area (TPSA) is 67.5 Å². The molecule has 114 valence electrons. The van der Waals surface area contributed by atoms with Crippen molar-refractivity contribution in [2.75, 3.05) is 0 Å². The van der Waals surface area contributed by atoms with E-state index >= 15 is 0 Å². The summed E-state index contributed by atoms with van der Waals surface area (Å²) in [6.07, 6.45) is -0.163. The molecule has 22 heavy (non-hydrogen) atoms. The monoisotopic (exact) mass is 309 g/mol. The molecule has 2 aromatic rings. The summed E-state index contributed by atoms with van der Waals surface area (Å²) in [5.41, 5.74) is 1.14. The average molecular weight is 309 g/mol. The molecular weight excluding hydrogens is 299 g/mol. The van der Waals surface area contributed by atoms with Crippen molar-refractivity contribution < 1.29 is 23.1 Å². The van der Waals surface area contributed by atoms with Gasteiger partial charge in [-0.3, -0.25) is 14.5 Å². The molecule has 0 radical (unpaired) electrons. The van der Waals surface area contributed by atoms with E-state index in [1.165, 1.54) is 18.6 Å². The Bertz CT molecular complexity index is 778. The standard InChI is InChI=1S/C14H10F3N3O2/c15-14(16,17)10-1-8-3-18-5-12(8)11(2-10)9-4-19-20(6-9)7-13(21)22/h1-2,4-6H,3,7H2,(H,21,22). The predicted molar refractivity (Wildman–Crippen MR) is 71.6 cm³/mol. The minimum Gasteiger partial charge on any atom is -0.480 e. The Balaban J connectivity index is 2.09. The molecule has 8 heteroatoms. The molecule has 0 spiro atoms. The second-order valence-corrected chi connectivity index (χ2v) is 4.88. The Labute approximate surface area is 122 Å². The van der Waals surface area contributed by atoms with Crippen molar-refractivity contribution in [2.24, 2.45) is 4.99 Å². The molecule has 1 aliphatic heterocycles. The van der Waals surface area contributed by atoms with Crippen LogP contribution >= 0.6 is 0 Å². The number of carbonyl (C=O) groups is 1. The summed E-state index contributed by atoms with van der Waals surface area (Å²) in [5.74, 6) is -1.08. The minimum atomic E-state index is -4.45. The summed E-state index contributed by atoms with van der Waals surface area (Å²) in [4.78, 5) is 14.7. The predicted octanol–water partition coefficient (Wildman–Crippen LogP) is 2.59. The van der Waals surface area contributed by atoms with Gasteiger partial charge in [-0.05, 0) is 23.3 Å². The lowest BCUT2D eigenvalue weighted by molar-refractivity contribution is -0.138. The average Bonchev–Trinajstić information content (AvgIpc) is 3.03. The van der Waals surface area contributed by atoms with Crippen molar-refractivity contribution in [1.82, 2.24) is 9.78 Å². The first kappa shape index (κ1) is 14.3. The van der Waals surface area contributed by atoms with Crippen molar-refractivity contribution >= 4 is 12.2 Å². The van der Waals surface area contributed by atoms with Crippen LogP contribution in [0.1, 0.15) is 16.7 Å². The molecule has 0 fully saturated rings. The highest BCUT2D eigenvalue weighted by atomic mass is 19.4. The molecule has 1 aliphatic rings. The highest BCUT2D eigenvalue weighted by Gasteiger charge is 2.32. The highest BCUT2D eigenvalue weighted by molar-refractivity contribution is 5.94. The molecule has 0 amide bonds. The number of benzene rings is 1. The van der Waals surface area contributed by atoms with Gasteiger partial charge in [0.2, 0.25) is 0 Å². The number of carboxylic acids is 1. The van der Waals surface area contributed by atoms with Crippen LogP contribution in [0, 0.1) is 0 Å². The zero-order valence-electron chi connectivity index (χ0n) is 11.1. The first-order valence-electron chi connectivity index (χ1n) is 6.33. The van der Waals surface area contributed by atoms with E-state index in [0.29, 0.717) is 22.3 Å². The molecule has 1 aromatic heterocycles. The van der Waals surface area contributed by atoms with Crippen LogP contribution in [0.15, 0.2) is 29.5 Å². The summed E-state index contributed by atoms with van der Waals surface area (Å²) in [7, 11) is 0. The molecule has 5 nitrogen and oxygen atoms in total. The first-order chi connectivity index (χ1) is 10.3. The van der Waals surface area contributed by atoms with Crippen molar-refractivity contribution in [1.29, 1.82) is 0 Å². The number of alkyl halides is 3. The molecule has 0 saturated carbocycles. The normalized spacial score (nSPS) is 13.4. The van der Waals surface area contributed by atoms with Gasteiger partial charge in [0.15, 0.2) is 0 Å². The molecule has 0 aliphatic carbocycles. The van der Waals surface area contributed by atoms with Crippen LogP contribution in [0.5, 0.6) is 0 Å². The SMILES string of the molecule is O=C(O)Cn1cc(-c2cc(C(F)(F)F)cc3c2C=NC3)cn1. The largest absolute Gasteiger partial charge is 0.480 e. The van der Waals surface area contributed by atoms with E-state index in [1.807, 2.05) is 0 Å². The first-order valence-corrected chi connectivity index (χ1v) is 6.33. The van der Waals surface area contributed by atoms with Crippen molar-refractivity contribution in [3.8, 4) is 11.1 Å². The van der Waals surface area contributed by atoms with Crippen LogP contribution in [-0.2, 0) is 24.1 Å². The summed E-state index contributed by atoms with van der Waals surface area (Å²) in [6, 6.07) is 2.13. The third kappa shape index (κ3) is 2.59. The summed E-state index contributed by atoms with van der Waals surface area (Å²) < 4.78 is 40.1. The lowest BCUT2D eigenvalue weighted by atomic mass is 9.96. The Morgan fingerprint density at radius 3 is 2.82 bits per heavy atom. The van der Waals surface area contributed by atoms with Crippen LogP contribution in [0.3, 0.4) is 0 Å². The lowest BCUT2D eigenvalue weighted by Crippen LogP contribution is -2.08. The van der Waals surface area contributed by atoms with Gasteiger partial charge >= 0.3 is 12.1 Å². The molecule has 3 rings (SSSR count). The third-order valence-electron chi connectivity index (χ3n) is 3.32. The fourth-order valence-corrected chi connectivity index (χ4v) is 2.36. The van der Waals surface area contributed by atoms with E-state index < -0.39 is 17.7 Å². The maximum Gasteiger partial charge on any atom is 0.416 e. The van der Waals surface area contributed by atoms with Crippen molar-refractivity contribution in [2.45, 2.75) is 19.3 Å². The minimum absolute atomic E-state index is 0.204. The number of aromatic nitrogens is 2. The van der Waals surface area contributed by atoms with Gasteiger partial charge in [0.1, 0.15) is 6.54 Å². The zero-order valence-corrected chi connectivity index (χ0v) is 11.1. The fraction of sp³-hybridized carbons (Fsp3) is 0.214. The highest BCUT2D eigenvalue weighted by Crippen LogP contribution is 2.36. The van der Waals surface area contributed by atoms with Gasteiger partial charge in [0, 0.05) is 23.5 Å². The molecule has 0 atom stereocenters. The van der Waals surface area contributed by atoms with Crippen molar-refractivity contribution in [3.05, 3.63) is 41.2 Å². The van der Waals surface area contributed by atoms with Gasteiger partial charge in [-0.25, -0.2) is 0 Å². The van der Waals surface area contributed by atoms with Crippen LogP contribution in [0.4, 0.5) is 13.2 Å². The fourth-order valence-electron chi connectivity index (χ4n) is 2.36. The van der Waals surface area contributed by atoms with E-state index in [4.69, 9.17) is 5.11 Å². The second-order valence-electron chi connectivity index (χ2n) is 4.88. The van der Waals surface area contributed by atoms with E-state index in [9.17, 15) is 18.0 Å². The van der Waals surface area contributed by atoms with Crippen LogP contribution in [0.2, 0.25) is 0 Å². The number of hydrogen-bond donors (Lipinski definition) is 1. The van der Waals surface area contributed by atoms with Gasteiger partial charge in [-0.2, -0.15) is 18.3 Å². The van der Waals surface area contributed by atoms with Gasteiger partial charge in [-0.1, -0.05) is 0 Å². The Morgan fingerprint density at radius 2 is 2.14 bits per heavy atom. The van der Waals surface area contributed by atoms with E-state index in [0.717, 1.165) is 16.8 Å². The van der Waals surface area contributed by atoms with Crippen LogP contribution in [0.25, 0.3) is 11.1 Å².